The summed E-state index contributed by atoms with van der Waals surface area (Å²) < 4.78 is 12.5. The Morgan fingerprint density at radius 3 is 3.04 bits per heavy atom. The molecule has 0 aliphatic carbocycles. The van der Waals surface area contributed by atoms with E-state index >= 15 is 0 Å². The van der Waals surface area contributed by atoms with Crippen LogP contribution in [0.4, 0.5) is 0 Å². The van der Waals surface area contributed by atoms with Crippen LogP contribution in [0.15, 0.2) is 41.2 Å². The van der Waals surface area contributed by atoms with Crippen molar-refractivity contribution in [3.63, 3.8) is 0 Å². The number of amides is 1. The Kier molecular flexibility index (Phi) is 4.61. The molecule has 0 saturated carbocycles. The SMILES string of the molecule is CCO[C@H](C)c1noc(CN(C)C(=O)c2cc3ccccn3c2)n1. The molecule has 0 aliphatic heterocycles. The molecule has 0 aromatic carbocycles. The molecule has 7 nitrogen and oxygen atoms in total. The highest BCUT2D eigenvalue weighted by molar-refractivity contribution is 5.95. The summed E-state index contributed by atoms with van der Waals surface area (Å²) in [6.07, 6.45) is 3.49. The Morgan fingerprint density at radius 1 is 1.46 bits per heavy atom. The summed E-state index contributed by atoms with van der Waals surface area (Å²) in [5.74, 6) is 0.773. The van der Waals surface area contributed by atoms with Gasteiger partial charge in [-0.2, -0.15) is 4.98 Å². The third-order valence-electron chi connectivity index (χ3n) is 3.73. The third kappa shape index (κ3) is 3.30. The lowest BCUT2D eigenvalue weighted by Crippen LogP contribution is -2.26. The molecule has 0 aliphatic rings. The Morgan fingerprint density at radius 2 is 2.29 bits per heavy atom. The minimum Gasteiger partial charge on any atom is -0.371 e. The number of carbonyl (C=O) groups excluding carboxylic acids is 1. The van der Waals surface area contributed by atoms with Crippen molar-refractivity contribution in [2.45, 2.75) is 26.5 Å². The molecule has 0 fully saturated rings. The van der Waals surface area contributed by atoms with Crippen LogP contribution in [-0.2, 0) is 11.3 Å². The first-order valence-corrected chi connectivity index (χ1v) is 7.84. The third-order valence-corrected chi connectivity index (χ3v) is 3.73. The van der Waals surface area contributed by atoms with Crippen LogP contribution in [0.25, 0.3) is 5.52 Å². The quantitative estimate of drug-likeness (QED) is 0.695. The zero-order chi connectivity index (χ0) is 17.1. The van der Waals surface area contributed by atoms with Gasteiger partial charge in [0.25, 0.3) is 5.91 Å². The highest BCUT2D eigenvalue weighted by Crippen LogP contribution is 2.15. The van der Waals surface area contributed by atoms with Crippen molar-refractivity contribution in [1.82, 2.24) is 19.4 Å². The average Bonchev–Trinajstić information content (AvgIpc) is 3.20. The lowest BCUT2D eigenvalue weighted by atomic mass is 10.3. The van der Waals surface area contributed by atoms with E-state index in [1.54, 1.807) is 11.9 Å². The standard InChI is InChI=1S/C17H20N4O3/c1-4-23-12(2)16-18-15(24-19-16)11-20(3)17(22)13-9-14-7-5-6-8-21(14)10-13/h5-10,12H,4,11H2,1-3H3/t12-/m1/s1. The van der Waals surface area contributed by atoms with Crippen molar-refractivity contribution < 1.29 is 14.1 Å². The molecular formula is C17H20N4O3. The van der Waals surface area contributed by atoms with Gasteiger partial charge in [0.15, 0.2) is 5.82 Å². The molecule has 24 heavy (non-hydrogen) atoms. The molecule has 3 aromatic rings. The molecule has 0 saturated heterocycles. The summed E-state index contributed by atoms with van der Waals surface area (Å²) in [6, 6.07) is 7.67. The number of rotatable bonds is 6. The van der Waals surface area contributed by atoms with Gasteiger partial charge in [-0.15, -0.1) is 0 Å². The summed E-state index contributed by atoms with van der Waals surface area (Å²) in [6.45, 7) is 4.59. The summed E-state index contributed by atoms with van der Waals surface area (Å²) in [7, 11) is 1.71. The van der Waals surface area contributed by atoms with Gasteiger partial charge in [0.2, 0.25) is 5.89 Å². The van der Waals surface area contributed by atoms with Crippen LogP contribution < -0.4 is 0 Å². The van der Waals surface area contributed by atoms with E-state index in [4.69, 9.17) is 9.26 Å². The maximum Gasteiger partial charge on any atom is 0.255 e. The number of nitrogens with zero attached hydrogens (tertiary/aromatic N) is 4. The fourth-order valence-corrected chi connectivity index (χ4v) is 2.49. The van der Waals surface area contributed by atoms with Gasteiger partial charge >= 0.3 is 0 Å². The van der Waals surface area contributed by atoms with Gasteiger partial charge in [-0.3, -0.25) is 4.79 Å². The zero-order valence-corrected chi connectivity index (χ0v) is 14.0. The van der Waals surface area contributed by atoms with Crippen molar-refractivity contribution in [2.24, 2.45) is 0 Å². The molecule has 126 valence electrons. The Bertz CT molecular complexity index is 806. The molecular weight excluding hydrogens is 308 g/mol. The monoisotopic (exact) mass is 328 g/mol. The van der Waals surface area contributed by atoms with E-state index in [0.717, 1.165) is 5.52 Å². The largest absolute Gasteiger partial charge is 0.371 e. The van der Waals surface area contributed by atoms with Crippen LogP contribution in [-0.4, -0.2) is 39.0 Å². The van der Waals surface area contributed by atoms with Crippen LogP contribution in [0, 0.1) is 0 Å². The predicted molar refractivity (Wildman–Crippen MR) is 87.5 cm³/mol. The van der Waals surface area contributed by atoms with Crippen molar-refractivity contribution in [2.75, 3.05) is 13.7 Å². The number of aromatic nitrogens is 3. The van der Waals surface area contributed by atoms with Gasteiger partial charge in [-0.05, 0) is 32.0 Å². The van der Waals surface area contributed by atoms with E-state index in [0.29, 0.717) is 23.9 Å². The number of carbonyl (C=O) groups is 1. The first kappa shape index (κ1) is 16.2. The van der Waals surface area contributed by atoms with Gasteiger partial charge in [-0.25, -0.2) is 0 Å². The Balaban J connectivity index is 1.70. The summed E-state index contributed by atoms with van der Waals surface area (Å²) in [5, 5.41) is 3.90. The Labute approximate surface area is 139 Å². The van der Waals surface area contributed by atoms with Gasteiger partial charge in [0.1, 0.15) is 6.10 Å². The first-order chi connectivity index (χ1) is 11.6. The number of fused-ring (bicyclic) bond motifs is 1. The molecule has 3 aromatic heterocycles. The van der Waals surface area contributed by atoms with E-state index in [9.17, 15) is 4.79 Å². The smallest absolute Gasteiger partial charge is 0.255 e. The minimum absolute atomic E-state index is 0.101. The molecule has 0 N–H and O–H groups in total. The average molecular weight is 328 g/mol. The second kappa shape index (κ2) is 6.84. The summed E-state index contributed by atoms with van der Waals surface area (Å²) >= 11 is 0. The number of pyridine rings is 1. The van der Waals surface area contributed by atoms with Crippen molar-refractivity contribution in [3.8, 4) is 0 Å². The lowest BCUT2D eigenvalue weighted by Gasteiger charge is -2.13. The maximum atomic E-state index is 12.6. The van der Waals surface area contributed by atoms with Crippen LogP contribution in [0.5, 0.6) is 0 Å². The van der Waals surface area contributed by atoms with E-state index in [2.05, 4.69) is 10.1 Å². The Hall–Kier alpha value is -2.67. The van der Waals surface area contributed by atoms with Crippen LogP contribution in [0.3, 0.4) is 0 Å². The second-order valence-corrected chi connectivity index (χ2v) is 5.57. The first-order valence-electron chi connectivity index (χ1n) is 7.84. The van der Waals surface area contributed by atoms with Crippen LogP contribution in [0.1, 0.15) is 42.0 Å². The molecule has 7 heteroatoms. The molecule has 1 atom stereocenters. The topological polar surface area (TPSA) is 72.9 Å². The second-order valence-electron chi connectivity index (χ2n) is 5.57. The molecule has 1 amide bonds. The highest BCUT2D eigenvalue weighted by atomic mass is 16.5. The van der Waals surface area contributed by atoms with Gasteiger partial charge < -0.3 is 18.6 Å². The molecule has 0 spiro atoms. The van der Waals surface area contributed by atoms with Gasteiger partial charge in [-0.1, -0.05) is 11.2 Å². The number of ether oxygens (including phenoxy) is 1. The van der Waals surface area contributed by atoms with E-state index in [1.807, 2.05) is 54.9 Å². The summed E-state index contributed by atoms with van der Waals surface area (Å²) in [5.41, 5.74) is 1.59. The van der Waals surface area contributed by atoms with E-state index < -0.39 is 0 Å². The van der Waals surface area contributed by atoms with Gasteiger partial charge in [0.05, 0.1) is 12.1 Å². The summed E-state index contributed by atoms with van der Waals surface area (Å²) in [4.78, 5) is 18.4. The molecule has 3 heterocycles. The van der Waals surface area contributed by atoms with Gasteiger partial charge in [0, 0.05) is 31.6 Å². The normalized spacial score (nSPS) is 12.5. The molecule has 3 rings (SSSR count). The maximum absolute atomic E-state index is 12.6. The molecule has 0 unspecified atom stereocenters. The molecule has 0 bridgehead atoms. The van der Waals surface area contributed by atoms with Crippen LogP contribution >= 0.6 is 0 Å². The van der Waals surface area contributed by atoms with Crippen molar-refractivity contribution in [3.05, 3.63) is 53.9 Å². The fourth-order valence-electron chi connectivity index (χ4n) is 2.49. The number of hydrogen-bond acceptors (Lipinski definition) is 5. The highest BCUT2D eigenvalue weighted by Gasteiger charge is 2.19. The fraction of sp³-hybridized carbons (Fsp3) is 0.353. The number of hydrogen-bond donors (Lipinski definition) is 0. The molecule has 0 radical (unpaired) electrons. The predicted octanol–water partition coefficient (Wildman–Crippen LogP) is 2.69. The van der Waals surface area contributed by atoms with E-state index in [1.165, 1.54) is 0 Å². The van der Waals surface area contributed by atoms with Crippen molar-refractivity contribution in [1.29, 1.82) is 0 Å². The minimum atomic E-state index is -0.231. The lowest BCUT2D eigenvalue weighted by molar-refractivity contribution is 0.0682. The van der Waals surface area contributed by atoms with E-state index in [-0.39, 0.29) is 18.6 Å². The zero-order valence-electron chi connectivity index (χ0n) is 14.0. The van der Waals surface area contributed by atoms with Crippen LogP contribution in [0.2, 0.25) is 0 Å². The van der Waals surface area contributed by atoms with Crippen molar-refractivity contribution >= 4 is 11.4 Å².